The molecule has 0 saturated heterocycles. The van der Waals surface area contributed by atoms with Crippen LogP contribution in [0.1, 0.15) is 36.6 Å². The minimum absolute atomic E-state index is 0.181. The molecule has 1 atom stereocenters. The summed E-state index contributed by atoms with van der Waals surface area (Å²) < 4.78 is 19.7. The van der Waals surface area contributed by atoms with E-state index in [1.165, 1.54) is 11.3 Å². The molecule has 0 N–H and O–H groups in total. The van der Waals surface area contributed by atoms with Gasteiger partial charge in [0.05, 0.1) is 45.7 Å². The van der Waals surface area contributed by atoms with E-state index in [4.69, 9.17) is 30.8 Å². The van der Waals surface area contributed by atoms with E-state index in [0.29, 0.717) is 43.7 Å². The second-order valence-electron chi connectivity index (χ2n) is 8.95. The van der Waals surface area contributed by atoms with Gasteiger partial charge in [0.2, 0.25) is 0 Å². The third-order valence-corrected chi connectivity index (χ3v) is 8.43. The van der Waals surface area contributed by atoms with Gasteiger partial charge in [0, 0.05) is 10.6 Å². The van der Waals surface area contributed by atoms with Crippen LogP contribution in [0.15, 0.2) is 82.1 Å². The van der Waals surface area contributed by atoms with E-state index in [2.05, 4.69) is 22.6 Å². The molecule has 0 spiro atoms. The van der Waals surface area contributed by atoms with Crippen LogP contribution in [0.5, 0.6) is 11.5 Å². The third-order valence-electron chi connectivity index (χ3n) is 6.40. The fourth-order valence-corrected chi connectivity index (χ4v) is 6.57. The quantitative estimate of drug-likeness (QED) is 0.177. The van der Waals surface area contributed by atoms with E-state index < -0.39 is 12.0 Å². The first-order valence-corrected chi connectivity index (χ1v) is 15.2. The monoisotopic (exact) mass is 700 g/mol. The number of rotatable bonds is 8. The number of aromatic nitrogens is 1. The highest BCUT2D eigenvalue weighted by Crippen LogP contribution is 2.36. The Morgan fingerprint density at radius 2 is 1.83 bits per heavy atom. The van der Waals surface area contributed by atoms with Crippen LogP contribution in [0, 0.1) is 3.57 Å². The van der Waals surface area contributed by atoms with Gasteiger partial charge < -0.3 is 14.2 Å². The predicted molar refractivity (Wildman–Crippen MR) is 169 cm³/mol. The molecule has 3 aromatic carbocycles. The van der Waals surface area contributed by atoms with E-state index in [9.17, 15) is 9.59 Å². The Bertz CT molecular complexity index is 1810. The summed E-state index contributed by atoms with van der Waals surface area (Å²) >= 11 is 9.66. The summed E-state index contributed by atoms with van der Waals surface area (Å²) in [6.07, 6.45) is 1.80. The number of halogens is 2. The zero-order valence-electron chi connectivity index (χ0n) is 22.5. The number of fused-ring (bicyclic) bond motifs is 1. The fraction of sp³-hybridized carbons (Fsp3) is 0.194. The highest BCUT2D eigenvalue weighted by atomic mass is 127. The van der Waals surface area contributed by atoms with Crippen molar-refractivity contribution in [2.24, 2.45) is 4.99 Å². The average molecular weight is 701 g/mol. The summed E-state index contributed by atoms with van der Waals surface area (Å²) in [7, 11) is 1.58. The van der Waals surface area contributed by atoms with E-state index in [-0.39, 0.29) is 17.7 Å². The van der Waals surface area contributed by atoms with Crippen LogP contribution in [-0.4, -0.2) is 30.9 Å². The van der Waals surface area contributed by atoms with Crippen LogP contribution in [-0.2, 0) is 9.53 Å². The maximum atomic E-state index is 14.1. The summed E-state index contributed by atoms with van der Waals surface area (Å²) in [5.41, 5.74) is 2.72. The molecular weight excluding hydrogens is 675 g/mol. The van der Waals surface area contributed by atoms with E-state index in [0.717, 1.165) is 14.7 Å². The molecule has 1 aliphatic rings. The number of benzene rings is 3. The lowest BCUT2D eigenvalue weighted by atomic mass is 9.93. The van der Waals surface area contributed by atoms with Crippen molar-refractivity contribution in [2.45, 2.75) is 19.9 Å². The predicted octanol–water partition coefficient (Wildman–Crippen LogP) is 5.60. The number of nitrogens with zero attached hydrogens (tertiary/aromatic N) is 2. The Hall–Kier alpha value is -3.41. The number of hydrogen-bond donors (Lipinski definition) is 0. The number of esters is 1. The molecule has 0 aliphatic carbocycles. The first kappa shape index (κ1) is 29.1. The van der Waals surface area contributed by atoms with Crippen LogP contribution in [0.25, 0.3) is 11.8 Å². The lowest BCUT2D eigenvalue weighted by Crippen LogP contribution is -2.40. The second-order valence-corrected chi connectivity index (χ2v) is 11.6. The largest absolute Gasteiger partial charge is 0.493 e. The number of hydrogen-bond acceptors (Lipinski definition) is 7. The van der Waals surface area contributed by atoms with Gasteiger partial charge in [-0.15, -0.1) is 0 Å². The summed E-state index contributed by atoms with van der Waals surface area (Å²) in [5, 5.41) is 0.546. The Kier molecular flexibility index (Phi) is 8.96. The van der Waals surface area contributed by atoms with Gasteiger partial charge in [-0.3, -0.25) is 9.36 Å². The maximum absolute atomic E-state index is 14.1. The topological polar surface area (TPSA) is 79.1 Å². The molecule has 0 fully saturated rings. The zero-order valence-corrected chi connectivity index (χ0v) is 26.2. The number of methoxy groups -OCH3 is 1. The molecule has 0 bridgehead atoms. The molecule has 0 radical (unpaired) electrons. The van der Waals surface area contributed by atoms with Crippen molar-refractivity contribution in [3.8, 4) is 11.5 Å². The highest BCUT2D eigenvalue weighted by Gasteiger charge is 2.35. The minimum Gasteiger partial charge on any atom is -0.493 e. The van der Waals surface area contributed by atoms with Gasteiger partial charge in [-0.25, -0.2) is 9.79 Å². The summed E-state index contributed by atoms with van der Waals surface area (Å²) in [6.45, 7) is 4.34. The van der Waals surface area contributed by atoms with Crippen molar-refractivity contribution in [2.75, 3.05) is 20.3 Å². The van der Waals surface area contributed by atoms with E-state index in [1.54, 1.807) is 36.8 Å². The summed E-state index contributed by atoms with van der Waals surface area (Å²) in [5.74, 6) is 0.700. The Morgan fingerprint density at radius 3 is 2.49 bits per heavy atom. The molecule has 5 rings (SSSR count). The Morgan fingerprint density at radius 1 is 1.10 bits per heavy atom. The number of ether oxygens (including phenoxy) is 3. The SMILES string of the molecule is CCOC(=O)C1=C(c2ccccc2)N=c2s/c(=C\c3cc(I)c(OCC)c(OC)c3)c(=O)n2[C@@H]1c1ccc(Cl)cc1. The Balaban J connectivity index is 1.79. The van der Waals surface area contributed by atoms with Gasteiger partial charge in [0.1, 0.15) is 0 Å². The molecule has 10 heteroatoms. The van der Waals surface area contributed by atoms with Crippen molar-refractivity contribution in [3.63, 3.8) is 0 Å². The van der Waals surface area contributed by atoms with Crippen molar-refractivity contribution in [1.82, 2.24) is 4.57 Å². The highest BCUT2D eigenvalue weighted by molar-refractivity contribution is 14.1. The molecule has 1 aliphatic heterocycles. The van der Waals surface area contributed by atoms with Gasteiger partial charge in [0.15, 0.2) is 16.3 Å². The van der Waals surface area contributed by atoms with Gasteiger partial charge in [-0.1, -0.05) is 65.4 Å². The minimum atomic E-state index is -0.769. The van der Waals surface area contributed by atoms with Crippen LogP contribution in [0.3, 0.4) is 0 Å². The molecule has 0 unspecified atom stereocenters. The van der Waals surface area contributed by atoms with Crippen LogP contribution >= 0.6 is 45.5 Å². The molecule has 41 heavy (non-hydrogen) atoms. The van der Waals surface area contributed by atoms with Crippen molar-refractivity contribution in [3.05, 3.63) is 117 Å². The second kappa shape index (κ2) is 12.6. The first-order chi connectivity index (χ1) is 19.9. The molecule has 2 heterocycles. The average Bonchev–Trinajstić information content (AvgIpc) is 3.28. The smallest absolute Gasteiger partial charge is 0.338 e. The number of carbonyl (C=O) groups excluding carboxylic acids is 1. The van der Waals surface area contributed by atoms with Crippen molar-refractivity contribution < 1.29 is 19.0 Å². The van der Waals surface area contributed by atoms with Crippen LogP contribution in [0.2, 0.25) is 5.02 Å². The molecule has 7 nitrogen and oxygen atoms in total. The lowest BCUT2D eigenvalue weighted by molar-refractivity contribution is -0.138. The molecule has 210 valence electrons. The summed E-state index contributed by atoms with van der Waals surface area (Å²) in [4.78, 5) is 32.9. The van der Waals surface area contributed by atoms with Crippen LogP contribution in [0.4, 0.5) is 0 Å². The van der Waals surface area contributed by atoms with E-state index >= 15 is 0 Å². The number of carbonyl (C=O) groups is 1. The first-order valence-electron chi connectivity index (χ1n) is 12.9. The normalized spacial score (nSPS) is 14.9. The van der Waals surface area contributed by atoms with Gasteiger partial charge >= 0.3 is 5.97 Å². The van der Waals surface area contributed by atoms with Crippen molar-refractivity contribution in [1.29, 1.82) is 0 Å². The molecule has 0 saturated carbocycles. The van der Waals surface area contributed by atoms with Crippen molar-refractivity contribution >= 4 is 63.3 Å². The number of thiazole rings is 1. The Labute approximate surface area is 259 Å². The van der Waals surface area contributed by atoms with Crippen LogP contribution < -0.4 is 24.4 Å². The molecular formula is C31H26ClIN2O5S. The van der Waals surface area contributed by atoms with Gasteiger partial charge in [-0.05, 0) is 77.9 Å². The molecule has 4 aromatic rings. The lowest BCUT2D eigenvalue weighted by Gasteiger charge is -2.25. The fourth-order valence-electron chi connectivity index (χ4n) is 4.66. The standard InChI is InChI=1S/C31H26ClIN2O5S/c1-4-39-28-22(33)15-18(16-23(28)38-3)17-24-29(36)35-27(20-11-13-21(32)14-12-20)25(30(37)40-5-2)26(34-31(35)41-24)19-9-7-6-8-10-19/h6-17,27H,4-5H2,1-3H3/b24-17-/t27-/m1/s1. The summed E-state index contributed by atoms with van der Waals surface area (Å²) in [6, 6.07) is 19.6. The van der Waals surface area contributed by atoms with Gasteiger partial charge in [0.25, 0.3) is 5.56 Å². The maximum Gasteiger partial charge on any atom is 0.338 e. The zero-order chi connectivity index (χ0) is 29.1. The third kappa shape index (κ3) is 5.84. The molecule has 0 amide bonds. The van der Waals surface area contributed by atoms with Gasteiger partial charge in [-0.2, -0.15) is 0 Å². The molecule has 1 aromatic heterocycles. The van der Waals surface area contributed by atoms with E-state index in [1.807, 2.05) is 61.5 Å².